The number of carbonyl (C=O) groups is 1. The van der Waals surface area contributed by atoms with E-state index in [-0.39, 0.29) is 12.5 Å². The maximum atomic E-state index is 10.7. The molecule has 4 N–H and O–H groups in total. The third kappa shape index (κ3) is 5.23. The first-order valence-corrected chi connectivity index (χ1v) is 6.17. The van der Waals surface area contributed by atoms with Gasteiger partial charge in [0.2, 0.25) is 0 Å². The molecule has 106 valence electrons. The second-order valence-corrected chi connectivity index (χ2v) is 4.12. The molecule has 1 aromatic carbocycles. The molecule has 1 aromatic rings. The van der Waals surface area contributed by atoms with Crippen LogP contribution in [-0.4, -0.2) is 43.3 Å². The molecule has 0 aliphatic heterocycles. The summed E-state index contributed by atoms with van der Waals surface area (Å²) in [6, 6.07) is 5.08. The number of anilines is 1. The van der Waals surface area contributed by atoms with Crippen LogP contribution < -0.4 is 20.5 Å². The SMILES string of the molecule is COc1cc(NCC(O)CCl)ccc1OCC(N)=O. The number of aliphatic hydroxyl groups excluding tert-OH is 1. The predicted octanol–water partition coefficient (Wildman–Crippen LogP) is 0.571. The molecule has 0 aliphatic rings. The maximum absolute atomic E-state index is 10.7. The maximum Gasteiger partial charge on any atom is 0.255 e. The van der Waals surface area contributed by atoms with E-state index in [0.29, 0.717) is 18.0 Å². The van der Waals surface area contributed by atoms with E-state index < -0.39 is 12.0 Å². The number of carbonyl (C=O) groups excluding carboxylic acids is 1. The fourth-order valence-electron chi connectivity index (χ4n) is 1.34. The molecule has 0 saturated carbocycles. The van der Waals surface area contributed by atoms with E-state index in [9.17, 15) is 9.90 Å². The molecule has 0 fully saturated rings. The van der Waals surface area contributed by atoms with Gasteiger partial charge >= 0.3 is 0 Å². The van der Waals surface area contributed by atoms with E-state index in [1.165, 1.54) is 7.11 Å². The Bertz CT molecular complexity index is 428. The molecule has 19 heavy (non-hydrogen) atoms. The minimum absolute atomic E-state index is 0.157. The van der Waals surface area contributed by atoms with Crippen molar-refractivity contribution in [3.63, 3.8) is 0 Å². The summed E-state index contributed by atoms with van der Waals surface area (Å²) >= 11 is 5.49. The van der Waals surface area contributed by atoms with Crippen LogP contribution in [-0.2, 0) is 4.79 Å². The van der Waals surface area contributed by atoms with Gasteiger partial charge in [-0.25, -0.2) is 0 Å². The van der Waals surface area contributed by atoms with E-state index >= 15 is 0 Å². The highest BCUT2D eigenvalue weighted by molar-refractivity contribution is 6.18. The van der Waals surface area contributed by atoms with Gasteiger partial charge in [-0.2, -0.15) is 0 Å². The standard InChI is InChI=1S/C12H17ClN2O4/c1-18-11-4-8(15-6-9(16)5-13)2-3-10(11)19-7-12(14)17/h2-4,9,15-16H,5-7H2,1H3,(H2,14,17). The first-order chi connectivity index (χ1) is 9.06. The number of nitrogens with two attached hydrogens (primary N) is 1. The summed E-state index contributed by atoms with van der Waals surface area (Å²) in [4.78, 5) is 10.7. The van der Waals surface area contributed by atoms with Crippen molar-refractivity contribution in [2.24, 2.45) is 5.73 Å². The van der Waals surface area contributed by atoms with E-state index in [2.05, 4.69) is 5.32 Å². The first kappa shape index (κ1) is 15.4. The van der Waals surface area contributed by atoms with Gasteiger partial charge in [0.05, 0.1) is 19.1 Å². The summed E-state index contributed by atoms with van der Waals surface area (Å²) in [5, 5.41) is 12.3. The lowest BCUT2D eigenvalue weighted by atomic mass is 10.2. The van der Waals surface area contributed by atoms with Crippen molar-refractivity contribution in [1.29, 1.82) is 0 Å². The van der Waals surface area contributed by atoms with Crippen LogP contribution in [0.1, 0.15) is 0 Å². The van der Waals surface area contributed by atoms with Crippen LogP contribution in [0.3, 0.4) is 0 Å². The second-order valence-electron chi connectivity index (χ2n) is 3.81. The van der Waals surface area contributed by atoms with Crippen molar-refractivity contribution in [2.45, 2.75) is 6.10 Å². The molecule has 0 aromatic heterocycles. The number of halogens is 1. The van der Waals surface area contributed by atoms with Crippen molar-refractivity contribution < 1.29 is 19.4 Å². The van der Waals surface area contributed by atoms with Gasteiger partial charge in [-0.1, -0.05) is 0 Å². The van der Waals surface area contributed by atoms with Crippen LogP contribution in [0.25, 0.3) is 0 Å². The number of alkyl halides is 1. The molecule has 6 nitrogen and oxygen atoms in total. The smallest absolute Gasteiger partial charge is 0.255 e. The van der Waals surface area contributed by atoms with Gasteiger partial charge in [0.25, 0.3) is 5.91 Å². The van der Waals surface area contributed by atoms with Crippen LogP contribution in [0, 0.1) is 0 Å². The number of ether oxygens (including phenoxy) is 2. The molecular formula is C12H17ClN2O4. The number of benzene rings is 1. The lowest BCUT2D eigenvalue weighted by molar-refractivity contribution is -0.119. The molecular weight excluding hydrogens is 272 g/mol. The molecule has 1 rings (SSSR count). The summed E-state index contributed by atoms with van der Waals surface area (Å²) in [5.41, 5.74) is 5.74. The molecule has 0 saturated heterocycles. The van der Waals surface area contributed by atoms with Crippen LogP contribution in [0.5, 0.6) is 11.5 Å². The Balaban J connectivity index is 2.69. The fraction of sp³-hybridized carbons (Fsp3) is 0.417. The second kappa shape index (κ2) is 7.70. The highest BCUT2D eigenvalue weighted by atomic mass is 35.5. The van der Waals surface area contributed by atoms with Crippen LogP contribution in [0.15, 0.2) is 18.2 Å². The summed E-state index contributed by atoms with van der Waals surface area (Å²) < 4.78 is 10.3. The molecule has 1 unspecified atom stereocenters. The minimum atomic E-state index is -0.626. The lowest BCUT2D eigenvalue weighted by Crippen LogP contribution is -2.21. The molecule has 0 radical (unpaired) electrons. The van der Waals surface area contributed by atoms with E-state index in [4.69, 9.17) is 26.8 Å². The normalized spacial score (nSPS) is 11.7. The summed E-state index contributed by atoms with van der Waals surface area (Å²) in [6.45, 7) is 0.113. The average molecular weight is 289 g/mol. The van der Waals surface area contributed by atoms with Crippen molar-refractivity contribution in [3.05, 3.63) is 18.2 Å². The Hall–Kier alpha value is -1.66. The number of amides is 1. The van der Waals surface area contributed by atoms with E-state index in [1.54, 1.807) is 18.2 Å². The molecule has 0 aliphatic carbocycles. The number of aliphatic hydroxyl groups is 1. The zero-order valence-corrected chi connectivity index (χ0v) is 11.3. The minimum Gasteiger partial charge on any atom is -0.493 e. The fourth-order valence-corrected chi connectivity index (χ4v) is 1.45. The van der Waals surface area contributed by atoms with Crippen LogP contribution >= 0.6 is 11.6 Å². The zero-order chi connectivity index (χ0) is 14.3. The molecule has 0 bridgehead atoms. The summed E-state index contributed by atoms with van der Waals surface area (Å²) in [5.74, 6) is 0.482. The number of hydrogen-bond donors (Lipinski definition) is 3. The van der Waals surface area contributed by atoms with Crippen molar-refractivity contribution >= 4 is 23.2 Å². The van der Waals surface area contributed by atoms with Gasteiger partial charge in [-0.15, -0.1) is 11.6 Å². The van der Waals surface area contributed by atoms with Crippen LogP contribution in [0.2, 0.25) is 0 Å². The summed E-state index contributed by atoms with van der Waals surface area (Å²) in [6.07, 6.45) is -0.626. The van der Waals surface area contributed by atoms with Crippen LogP contribution in [0.4, 0.5) is 5.69 Å². The number of hydrogen-bond acceptors (Lipinski definition) is 5. The van der Waals surface area contributed by atoms with Crippen molar-refractivity contribution in [2.75, 3.05) is 31.5 Å². The quantitative estimate of drug-likeness (QED) is 0.608. The van der Waals surface area contributed by atoms with Gasteiger partial charge < -0.3 is 25.6 Å². The lowest BCUT2D eigenvalue weighted by Gasteiger charge is -2.13. The molecule has 1 atom stereocenters. The van der Waals surface area contributed by atoms with Crippen molar-refractivity contribution in [3.8, 4) is 11.5 Å². The largest absolute Gasteiger partial charge is 0.493 e. The third-order valence-electron chi connectivity index (χ3n) is 2.25. The molecule has 1 amide bonds. The van der Waals surface area contributed by atoms with Crippen molar-refractivity contribution in [1.82, 2.24) is 0 Å². The Labute approximate surface area is 116 Å². The number of nitrogens with one attached hydrogen (secondary N) is 1. The van der Waals surface area contributed by atoms with Gasteiger partial charge in [-0.3, -0.25) is 4.79 Å². The van der Waals surface area contributed by atoms with E-state index in [1.807, 2.05) is 0 Å². The summed E-state index contributed by atoms with van der Waals surface area (Å²) in [7, 11) is 1.49. The Kier molecular flexibility index (Phi) is 6.24. The van der Waals surface area contributed by atoms with Gasteiger partial charge in [0, 0.05) is 18.3 Å². The monoisotopic (exact) mass is 288 g/mol. The molecule has 0 spiro atoms. The van der Waals surface area contributed by atoms with Gasteiger partial charge in [0.15, 0.2) is 18.1 Å². The van der Waals surface area contributed by atoms with E-state index in [0.717, 1.165) is 5.69 Å². The van der Waals surface area contributed by atoms with Gasteiger partial charge in [-0.05, 0) is 12.1 Å². The highest BCUT2D eigenvalue weighted by Crippen LogP contribution is 2.30. The number of rotatable bonds is 8. The highest BCUT2D eigenvalue weighted by Gasteiger charge is 2.08. The topological polar surface area (TPSA) is 93.8 Å². The van der Waals surface area contributed by atoms with Gasteiger partial charge in [0.1, 0.15) is 0 Å². The third-order valence-corrected chi connectivity index (χ3v) is 2.61. The Morgan fingerprint density at radius 1 is 1.53 bits per heavy atom. The Morgan fingerprint density at radius 3 is 2.84 bits per heavy atom. The predicted molar refractivity (Wildman–Crippen MR) is 72.9 cm³/mol. The first-order valence-electron chi connectivity index (χ1n) is 5.64. The Morgan fingerprint density at radius 2 is 2.26 bits per heavy atom. The average Bonchev–Trinajstić information content (AvgIpc) is 2.42. The zero-order valence-electron chi connectivity index (χ0n) is 10.6. The number of methoxy groups -OCH3 is 1. The molecule has 0 heterocycles. The molecule has 7 heteroatoms. The number of primary amides is 1.